The van der Waals surface area contributed by atoms with Crippen molar-refractivity contribution < 1.29 is 14.3 Å². The van der Waals surface area contributed by atoms with Crippen molar-refractivity contribution >= 4 is 5.97 Å². The number of hydrogen-bond donors (Lipinski definition) is 0. The molecule has 0 atom stereocenters. The highest BCUT2D eigenvalue weighted by molar-refractivity contribution is 5.69. The zero-order valence-corrected chi connectivity index (χ0v) is 10.0. The zero-order valence-electron chi connectivity index (χ0n) is 10.0. The number of hydrogen-bond acceptors (Lipinski definition) is 3. The van der Waals surface area contributed by atoms with Crippen LogP contribution in [0.2, 0.25) is 0 Å². The first-order valence-electron chi connectivity index (χ1n) is 5.81. The van der Waals surface area contributed by atoms with Crippen molar-refractivity contribution in [3.05, 3.63) is 0 Å². The fourth-order valence-corrected chi connectivity index (χ4v) is 1.76. The van der Waals surface area contributed by atoms with E-state index in [0.29, 0.717) is 19.1 Å². The molecular weight excluding hydrogens is 192 g/mol. The fraction of sp³-hybridized carbons (Fsp3) is 0.917. The van der Waals surface area contributed by atoms with Gasteiger partial charge in [-0.25, -0.2) is 0 Å². The molecule has 1 aliphatic rings. The second kappa shape index (κ2) is 5.50. The van der Waals surface area contributed by atoms with Crippen molar-refractivity contribution in [2.24, 2.45) is 0 Å². The van der Waals surface area contributed by atoms with E-state index in [0.717, 1.165) is 12.8 Å². The molecule has 0 aromatic carbocycles. The number of esters is 1. The molecule has 0 saturated heterocycles. The molecule has 0 spiro atoms. The third kappa shape index (κ3) is 5.78. The Morgan fingerprint density at radius 3 is 2.40 bits per heavy atom. The molecule has 15 heavy (non-hydrogen) atoms. The fourth-order valence-electron chi connectivity index (χ4n) is 1.76. The van der Waals surface area contributed by atoms with Gasteiger partial charge in [0, 0.05) is 0 Å². The highest BCUT2D eigenvalue weighted by Crippen LogP contribution is 2.21. The van der Waals surface area contributed by atoms with Crippen LogP contribution in [-0.2, 0) is 14.3 Å². The summed E-state index contributed by atoms with van der Waals surface area (Å²) in [4.78, 5) is 11.3. The molecule has 1 rings (SSSR count). The van der Waals surface area contributed by atoms with E-state index >= 15 is 0 Å². The third-order valence-electron chi connectivity index (χ3n) is 2.38. The Bertz CT molecular complexity index is 199. The van der Waals surface area contributed by atoms with Crippen LogP contribution >= 0.6 is 0 Å². The van der Waals surface area contributed by atoms with Gasteiger partial charge in [-0.3, -0.25) is 4.79 Å². The third-order valence-corrected chi connectivity index (χ3v) is 2.38. The molecule has 0 radical (unpaired) electrons. The van der Waals surface area contributed by atoms with Crippen molar-refractivity contribution in [3.63, 3.8) is 0 Å². The van der Waals surface area contributed by atoms with E-state index in [-0.39, 0.29) is 11.6 Å². The highest BCUT2D eigenvalue weighted by Gasteiger charge is 2.18. The summed E-state index contributed by atoms with van der Waals surface area (Å²) in [6, 6.07) is 0. The van der Waals surface area contributed by atoms with Crippen molar-refractivity contribution in [3.8, 4) is 0 Å². The van der Waals surface area contributed by atoms with Gasteiger partial charge in [-0.2, -0.15) is 0 Å². The van der Waals surface area contributed by atoms with Gasteiger partial charge in [0.05, 0.1) is 19.1 Å². The lowest BCUT2D eigenvalue weighted by atomic mass is 10.2. The van der Waals surface area contributed by atoms with Gasteiger partial charge in [0.2, 0.25) is 0 Å². The lowest BCUT2D eigenvalue weighted by Crippen LogP contribution is -2.25. The van der Waals surface area contributed by atoms with Crippen LogP contribution in [0.15, 0.2) is 0 Å². The van der Waals surface area contributed by atoms with Gasteiger partial charge in [-0.1, -0.05) is 12.8 Å². The lowest BCUT2D eigenvalue weighted by molar-refractivity contribution is -0.156. The Kier molecular flexibility index (Phi) is 4.58. The van der Waals surface area contributed by atoms with Crippen LogP contribution in [0.3, 0.4) is 0 Å². The Balaban J connectivity index is 2.06. The SMILES string of the molecule is CC(C)(C)OC(=O)CCOC1CCCC1. The average molecular weight is 214 g/mol. The molecule has 0 N–H and O–H groups in total. The molecule has 0 amide bonds. The topological polar surface area (TPSA) is 35.5 Å². The first-order chi connectivity index (χ1) is 6.97. The normalized spacial score (nSPS) is 18.1. The summed E-state index contributed by atoms with van der Waals surface area (Å²) in [6.45, 7) is 6.13. The van der Waals surface area contributed by atoms with Crippen molar-refractivity contribution in [1.82, 2.24) is 0 Å². The van der Waals surface area contributed by atoms with E-state index in [1.807, 2.05) is 20.8 Å². The first kappa shape index (κ1) is 12.5. The van der Waals surface area contributed by atoms with Gasteiger partial charge in [0.1, 0.15) is 5.60 Å². The Labute approximate surface area is 92.1 Å². The number of ether oxygens (including phenoxy) is 2. The standard InChI is InChI=1S/C12H22O3/c1-12(2,3)15-11(13)8-9-14-10-6-4-5-7-10/h10H,4-9H2,1-3H3. The van der Waals surface area contributed by atoms with Crippen molar-refractivity contribution in [1.29, 1.82) is 0 Å². The summed E-state index contributed by atoms with van der Waals surface area (Å²) >= 11 is 0. The van der Waals surface area contributed by atoms with Crippen LogP contribution in [0.4, 0.5) is 0 Å². The van der Waals surface area contributed by atoms with E-state index in [4.69, 9.17) is 9.47 Å². The maximum absolute atomic E-state index is 11.3. The van der Waals surface area contributed by atoms with Gasteiger partial charge in [0.15, 0.2) is 0 Å². The molecule has 0 aromatic rings. The quantitative estimate of drug-likeness (QED) is 0.675. The number of carbonyl (C=O) groups excluding carboxylic acids is 1. The largest absolute Gasteiger partial charge is 0.460 e. The maximum Gasteiger partial charge on any atom is 0.308 e. The van der Waals surface area contributed by atoms with Gasteiger partial charge >= 0.3 is 5.97 Å². The molecular formula is C12H22O3. The average Bonchev–Trinajstić information content (AvgIpc) is 2.53. The van der Waals surface area contributed by atoms with E-state index in [2.05, 4.69) is 0 Å². The smallest absolute Gasteiger partial charge is 0.308 e. The zero-order chi connectivity index (χ0) is 11.3. The minimum Gasteiger partial charge on any atom is -0.460 e. The second-order valence-electron chi connectivity index (χ2n) is 5.11. The summed E-state index contributed by atoms with van der Waals surface area (Å²) in [5, 5.41) is 0. The second-order valence-corrected chi connectivity index (χ2v) is 5.11. The summed E-state index contributed by atoms with van der Waals surface area (Å²) in [6.07, 6.45) is 5.57. The molecule has 3 nitrogen and oxygen atoms in total. The van der Waals surface area contributed by atoms with E-state index in [1.165, 1.54) is 12.8 Å². The summed E-state index contributed by atoms with van der Waals surface area (Å²) in [7, 11) is 0. The van der Waals surface area contributed by atoms with E-state index in [1.54, 1.807) is 0 Å². The number of rotatable bonds is 4. The van der Waals surface area contributed by atoms with E-state index in [9.17, 15) is 4.79 Å². The monoisotopic (exact) mass is 214 g/mol. The molecule has 0 heterocycles. The number of carbonyl (C=O) groups is 1. The predicted octanol–water partition coefficient (Wildman–Crippen LogP) is 2.68. The van der Waals surface area contributed by atoms with Gasteiger partial charge in [-0.15, -0.1) is 0 Å². The lowest BCUT2D eigenvalue weighted by Gasteiger charge is -2.19. The molecule has 88 valence electrons. The molecule has 1 saturated carbocycles. The predicted molar refractivity (Wildman–Crippen MR) is 58.7 cm³/mol. The molecule has 0 unspecified atom stereocenters. The van der Waals surface area contributed by atoms with Crippen LogP contribution in [0.25, 0.3) is 0 Å². The van der Waals surface area contributed by atoms with Crippen molar-refractivity contribution in [2.45, 2.75) is 64.6 Å². The van der Waals surface area contributed by atoms with Crippen LogP contribution < -0.4 is 0 Å². The summed E-state index contributed by atoms with van der Waals surface area (Å²) in [5.74, 6) is -0.166. The molecule has 3 heteroatoms. The maximum atomic E-state index is 11.3. The molecule has 1 fully saturated rings. The summed E-state index contributed by atoms with van der Waals surface area (Å²) < 4.78 is 10.8. The molecule has 0 aromatic heterocycles. The van der Waals surface area contributed by atoms with Crippen LogP contribution in [0.5, 0.6) is 0 Å². The van der Waals surface area contributed by atoms with Crippen molar-refractivity contribution in [2.75, 3.05) is 6.61 Å². The van der Waals surface area contributed by atoms with Crippen LogP contribution in [0.1, 0.15) is 52.9 Å². The van der Waals surface area contributed by atoms with Crippen LogP contribution in [0, 0.1) is 0 Å². The van der Waals surface area contributed by atoms with Crippen LogP contribution in [-0.4, -0.2) is 24.3 Å². The molecule has 0 aliphatic heterocycles. The van der Waals surface area contributed by atoms with Gasteiger partial charge in [0.25, 0.3) is 0 Å². The Morgan fingerprint density at radius 2 is 1.87 bits per heavy atom. The molecule has 0 bridgehead atoms. The summed E-state index contributed by atoms with van der Waals surface area (Å²) in [5.41, 5.74) is -0.384. The minimum absolute atomic E-state index is 0.166. The van der Waals surface area contributed by atoms with E-state index < -0.39 is 0 Å². The minimum atomic E-state index is -0.384. The molecule has 1 aliphatic carbocycles. The van der Waals surface area contributed by atoms with Gasteiger partial charge < -0.3 is 9.47 Å². The highest BCUT2D eigenvalue weighted by atomic mass is 16.6. The Hall–Kier alpha value is -0.570. The first-order valence-corrected chi connectivity index (χ1v) is 5.81. The Morgan fingerprint density at radius 1 is 1.27 bits per heavy atom. The van der Waals surface area contributed by atoms with Gasteiger partial charge in [-0.05, 0) is 33.6 Å².